The lowest BCUT2D eigenvalue weighted by Crippen LogP contribution is -2.31. The fourth-order valence-electron chi connectivity index (χ4n) is 3.55. The first-order chi connectivity index (χ1) is 13.6. The van der Waals surface area contributed by atoms with Crippen molar-refractivity contribution in [2.75, 3.05) is 24.5 Å². The van der Waals surface area contributed by atoms with Gasteiger partial charge in [0.05, 0.1) is 0 Å². The van der Waals surface area contributed by atoms with Crippen molar-refractivity contribution in [3.63, 3.8) is 0 Å². The summed E-state index contributed by atoms with van der Waals surface area (Å²) < 4.78 is 28.5. The summed E-state index contributed by atoms with van der Waals surface area (Å²) in [6.07, 6.45) is 4.80. The third-order valence-corrected chi connectivity index (χ3v) is 5.14. The van der Waals surface area contributed by atoms with E-state index < -0.39 is 11.6 Å². The van der Waals surface area contributed by atoms with Crippen LogP contribution >= 0.6 is 0 Å². The van der Waals surface area contributed by atoms with Gasteiger partial charge in [0, 0.05) is 55.0 Å². The number of amides is 1. The van der Waals surface area contributed by atoms with E-state index in [9.17, 15) is 13.6 Å². The smallest absolute Gasteiger partial charge is 0.251 e. The van der Waals surface area contributed by atoms with Gasteiger partial charge in [-0.05, 0) is 60.9 Å². The Balaban J connectivity index is 1.31. The molecule has 1 aromatic heterocycles. The van der Waals surface area contributed by atoms with Crippen molar-refractivity contribution in [2.45, 2.75) is 6.42 Å². The summed E-state index contributed by atoms with van der Waals surface area (Å²) in [7, 11) is 0. The van der Waals surface area contributed by atoms with E-state index in [-0.39, 0.29) is 11.8 Å². The number of aromatic nitrogens is 1. The summed E-state index contributed by atoms with van der Waals surface area (Å²) >= 11 is 0. The fourth-order valence-corrected chi connectivity index (χ4v) is 3.55. The third kappa shape index (κ3) is 3.91. The van der Waals surface area contributed by atoms with Crippen molar-refractivity contribution in [3.05, 3.63) is 84.2 Å². The molecular formula is C22H21F2N3O. The molecule has 4 rings (SSSR count). The molecule has 4 nitrogen and oxygen atoms in total. The third-order valence-electron chi connectivity index (χ3n) is 5.14. The van der Waals surface area contributed by atoms with Gasteiger partial charge in [-0.2, -0.15) is 0 Å². The van der Waals surface area contributed by atoms with E-state index >= 15 is 0 Å². The lowest BCUT2D eigenvalue weighted by Gasteiger charge is -2.19. The highest BCUT2D eigenvalue weighted by molar-refractivity contribution is 5.94. The minimum Gasteiger partial charge on any atom is -0.371 e. The molecule has 1 atom stereocenters. The quantitative estimate of drug-likeness (QED) is 0.725. The zero-order valence-corrected chi connectivity index (χ0v) is 15.3. The van der Waals surface area contributed by atoms with Crippen molar-refractivity contribution >= 4 is 11.6 Å². The van der Waals surface area contributed by atoms with Crippen LogP contribution in [0.4, 0.5) is 14.5 Å². The first-order valence-corrected chi connectivity index (χ1v) is 9.32. The van der Waals surface area contributed by atoms with Crippen LogP contribution in [0.25, 0.3) is 5.69 Å². The number of rotatable bonds is 5. The van der Waals surface area contributed by atoms with E-state index in [0.717, 1.165) is 24.7 Å². The van der Waals surface area contributed by atoms with Crippen molar-refractivity contribution in [2.24, 2.45) is 5.92 Å². The van der Waals surface area contributed by atoms with Gasteiger partial charge in [-0.3, -0.25) is 4.79 Å². The highest BCUT2D eigenvalue weighted by Gasteiger charge is 2.24. The van der Waals surface area contributed by atoms with Gasteiger partial charge in [0.2, 0.25) is 0 Å². The summed E-state index contributed by atoms with van der Waals surface area (Å²) in [5.74, 6) is -1.51. The van der Waals surface area contributed by atoms with Crippen LogP contribution in [0.15, 0.2) is 67.0 Å². The molecule has 1 amide bonds. The average Bonchev–Trinajstić information content (AvgIpc) is 3.40. The van der Waals surface area contributed by atoms with Gasteiger partial charge in [0.15, 0.2) is 11.6 Å². The Kier molecular flexibility index (Phi) is 5.10. The predicted molar refractivity (Wildman–Crippen MR) is 105 cm³/mol. The van der Waals surface area contributed by atoms with E-state index in [0.29, 0.717) is 24.3 Å². The first kappa shape index (κ1) is 18.2. The molecule has 1 unspecified atom stereocenters. The molecule has 0 saturated carbocycles. The maximum absolute atomic E-state index is 13.4. The van der Waals surface area contributed by atoms with E-state index in [4.69, 9.17) is 0 Å². The average molecular weight is 381 g/mol. The Morgan fingerprint density at radius 1 is 1.00 bits per heavy atom. The highest BCUT2D eigenvalue weighted by Crippen LogP contribution is 2.25. The van der Waals surface area contributed by atoms with Crippen LogP contribution in [0.1, 0.15) is 16.8 Å². The zero-order chi connectivity index (χ0) is 19.5. The van der Waals surface area contributed by atoms with Gasteiger partial charge >= 0.3 is 0 Å². The van der Waals surface area contributed by atoms with Crippen LogP contribution in [0.2, 0.25) is 0 Å². The second-order valence-electron chi connectivity index (χ2n) is 7.05. The second kappa shape index (κ2) is 7.84. The van der Waals surface area contributed by atoms with Crippen LogP contribution < -0.4 is 10.2 Å². The summed E-state index contributed by atoms with van der Waals surface area (Å²) in [6.45, 7) is 2.02. The molecule has 0 radical (unpaired) electrons. The number of nitrogens with zero attached hydrogens (tertiary/aromatic N) is 2. The number of anilines is 1. The molecule has 2 heterocycles. The highest BCUT2D eigenvalue weighted by atomic mass is 19.2. The second-order valence-corrected chi connectivity index (χ2v) is 7.05. The first-order valence-electron chi connectivity index (χ1n) is 9.32. The normalized spacial score (nSPS) is 16.4. The van der Waals surface area contributed by atoms with Crippen LogP contribution in [0, 0.1) is 17.6 Å². The van der Waals surface area contributed by atoms with Crippen LogP contribution in [-0.4, -0.2) is 30.1 Å². The molecule has 0 aliphatic carbocycles. The van der Waals surface area contributed by atoms with E-state index in [2.05, 4.69) is 5.32 Å². The van der Waals surface area contributed by atoms with Gasteiger partial charge in [0.25, 0.3) is 5.91 Å². The van der Waals surface area contributed by atoms with Crippen molar-refractivity contribution in [3.8, 4) is 5.69 Å². The molecule has 1 fully saturated rings. The van der Waals surface area contributed by atoms with E-state index in [1.54, 1.807) is 6.07 Å². The van der Waals surface area contributed by atoms with Crippen molar-refractivity contribution in [1.82, 2.24) is 9.88 Å². The van der Waals surface area contributed by atoms with Gasteiger partial charge in [-0.1, -0.05) is 0 Å². The molecule has 144 valence electrons. The number of hydrogen-bond acceptors (Lipinski definition) is 2. The largest absolute Gasteiger partial charge is 0.371 e. The van der Waals surface area contributed by atoms with Gasteiger partial charge in [-0.15, -0.1) is 0 Å². The maximum atomic E-state index is 13.4. The summed E-state index contributed by atoms with van der Waals surface area (Å²) in [5.41, 5.74) is 2.29. The molecule has 1 aliphatic rings. The molecule has 28 heavy (non-hydrogen) atoms. The molecule has 1 saturated heterocycles. The topological polar surface area (TPSA) is 37.3 Å². The molecule has 2 aromatic carbocycles. The Morgan fingerprint density at radius 3 is 2.43 bits per heavy atom. The molecule has 0 bridgehead atoms. The Morgan fingerprint density at radius 2 is 1.71 bits per heavy atom. The van der Waals surface area contributed by atoms with Crippen LogP contribution in [0.3, 0.4) is 0 Å². The summed E-state index contributed by atoms with van der Waals surface area (Å²) in [5, 5.41) is 2.98. The Hall–Kier alpha value is -3.15. The van der Waals surface area contributed by atoms with Gasteiger partial charge in [-0.25, -0.2) is 8.78 Å². The SMILES string of the molecule is O=C(NCC1CCN(c2ccc(F)c(F)c2)C1)c1ccc(-n2cccc2)cc1. The molecule has 1 aliphatic heterocycles. The molecule has 6 heteroatoms. The van der Waals surface area contributed by atoms with E-state index in [1.165, 1.54) is 6.07 Å². The Labute approximate surface area is 162 Å². The molecule has 1 N–H and O–H groups in total. The fraction of sp³-hybridized carbons (Fsp3) is 0.227. The van der Waals surface area contributed by atoms with E-state index in [1.807, 2.05) is 58.3 Å². The zero-order valence-electron chi connectivity index (χ0n) is 15.3. The number of carbonyl (C=O) groups excluding carboxylic acids is 1. The monoisotopic (exact) mass is 381 g/mol. The standard InChI is InChI=1S/C22H21F2N3O/c23-20-8-7-19(13-21(20)24)27-12-9-16(15-27)14-25-22(28)17-3-5-18(6-4-17)26-10-1-2-11-26/h1-8,10-11,13,16H,9,12,14-15H2,(H,25,28). The maximum Gasteiger partial charge on any atom is 0.251 e. The number of benzene rings is 2. The predicted octanol–water partition coefficient (Wildman–Crippen LogP) is 4.01. The minimum atomic E-state index is -0.838. The molecule has 3 aromatic rings. The lowest BCUT2D eigenvalue weighted by atomic mass is 10.1. The van der Waals surface area contributed by atoms with Gasteiger partial charge in [0.1, 0.15) is 0 Å². The van der Waals surface area contributed by atoms with Crippen molar-refractivity contribution < 1.29 is 13.6 Å². The lowest BCUT2D eigenvalue weighted by molar-refractivity contribution is 0.0948. The number of hydrogen-bond donors (Lipinski definition) is 1. The number of carbonyl (C=O) groups is 1. The van der Waals surface area contributed by atoms with Gasteiger partial charge < -0.3 is 14.8 Å². The summed E-state index contributed by atoms with van der Waals surface area (Å²) in [4.78, 5) is 14.4. The summed E-state index contributed by atoms with van der Waals surface area (Å²) in [6, 6.07) is 15.3. The van der Waals surface area contributed by atoms with Crippen molar-refractivity contribution in [1.29, 1.82) is 0 Å². The number of nitrogens with one attached hydrogen (secondary N) is 1. The number of halogens is 2. The minimum absolute atomic E-state index is 0.106. The van der Waals surface area contributed by atoms with Crippen LogP contribution in [0.5, 0.6) is 0 Å². The Bertz CT molecular complexity index is 954. The molecule has 0 spiro atoms. The van der Waals surface area contributed by atoms with Crippen LogP contribution in [-0.2, 0) is 0 Å². The molecular weight excluding hydrogens is 360 g/mol.